The summed E-state index contributed by atoms with van der Waals surface area (Å²) in [5.41, 5.74) is 15.7. The Morgan fingerprint density at radius 3 is 1.40 bits per heavy atom. The predicted molar refractivity (Wildman–Crippen MR) is 316 cm³/mol. The lowest BCUT2D eigenvalue weighted by Crippen LogP contribution is -2.00. The summed E-state index contributed by atoms with van der Waals surface area (Å²) in [6, 6.07) is 90.2. The number of hydrogen-bond acceptors (Lipinski definition) is 5. The molecule has 0 amide bonds. The van der Waals surface area contributed by atoms with Crippen LogP contribution in [0.25, 0.3) is 160 Å². The molecule has 0 atom stereocenters. The molecular weight excluding hydrogens is 941 g/mol. The molecule has 0 saturated heterocycles. The number of benzene rings is 12. The van der Waals surface area contributed by atoms with E-state index in [0.29, 0.717) is 17.5 Å². The van der Waals surface area contributed by atoms with E-state index in [0.717, 1.165) is 94.0 Å². The van der Waals surface area contributed by atoms with Crippen molar-refractivity contribution in [1.82, 2.24) is 19.5 Å². The van der Waals surface area contributed by atoms with Crippen LogP contribution in [0.4, 0.5) is 0 Å². The number of fused-ring (bicyclic) bond motifs is 11. The lowest BCUT2D eigenvalue weighted by molar-refractivity contribution is 0.668. The molecule has 0 aliphatic carbocycles. The maximum Gasteiger partial charge on any atom is 0.164 e. The largest absolute Gasteiger partial charge is 0.456 e. The Morgan fingerprint density at radius 2 is 0.727 bits per heavy atom. The van der Waals surface area contributed by atoms with Crippen LogP contribution in [0.5, 0.6) is 0 Å². The number of para-hydroxylation sites is 1. The van der Waals surface area contributed by atoms with E-state index >= 15 is 0 Å². The van der Waals surface area contributed by atoms with E-state index in [1.807, 2.05) is 66.7 Å². The van der Waals surface area contributed by atoms with Crippen LogP contribution in [0.3, 0.4) is 0 Å². The van der Waals surface area contributed by atoms with Gasteiger partial charge in [-0.25, -0.2) is 15.0 Å². The van der Waals surface area contributed by atoms with Gasteiger partial charge in [0.05, 0.1) is 16.7 Å². The van der Waals surface area contributed by atoms with Gasteiger partial charge in [-0.2, -0.15) is 0 Å². The number of hydrogen-bond donors (Lipinski definition) is 0. The van der Waals surface area contributed by atoms with Crippen LogP contribution in [0.15, 0.2) is 264 Å². The van der Waals surface area contributed by atoms with Crippen molar-refractivity contribution in [3.63, 3.8) is 0 Å². The van der Waals surface area contributed by atoms with Crippen LogP contribution in [-0.2, 0) is 0 Å². The minimum Gasteiger partial charge on any atom is -0.456 e. The molecule has 4 heterocycles. The second-order valence-corrected chi connectivity index (χ2v) is 19.9. The van der Waals surface area contributed by atoms with Crippen LogP contribution in [0.1, 0.15) is 0 Å². The quantitative estimate of drug-likeness (QED) is 0.159. The second kappa shape index (κ2) is 17.1. The molecule has 6 heteroatoms. The van der Waals surface area contributed by atoms with Gasteiger partial charge >= 0.3 is 0 Å². The molecule has 0 bridgehead atoms. The fraction of sp³-hybridized carbons (Fsp3) is 0. The van der Waals surface area contributed by atoms with E-state index in [4.69, 9.17) is 23.8 Å². The number of furan rings is 2. The minimum absolute atomic E-state index is 0.542. The van der Waals surface area contributed by atoms with Gasteiger partial charge < -0.3 is 13.4 Å². The molecule has 77 heavy (non-hydrogen) atoms. The van der Waals surface area contributed by atoms with Crippen molar-refractivity contribution in [3.05, 3.63) is 255 Å². The van der Waals surface area contributed by atoms with Gasteiger partial charge in [-0.3, -0.25) is 0 Å². The molecule has 16 rings (SSSR count). The number of aromatic nitrogens is 4. The van der Waals surface area contributed by atoms with E-state index < -0.39 is 0 Å². The summed E-state index contributed by atoms with van der Waals surface area (Å²) in [5.74, 6) is 1.66. The third kappa shape index (κ3) is 7.00. The third-order valence-corrected chi connectivity index (χ3v) is 15.4. The molecule has 16 aromatic rings. The summed E-state index contributed by atoms with van der Waals surface area (Å²) < 4.78 is 15.9. The summed E-state index contributed by atoms with van der Waals surface area (Å²) >= 11 is 0. The van der Waals surface area contributed by atoms with Crippen molar-refractivity contribution in [2.24, 2.45) is 0 Å². The lowest BCUT2D eigenvalue weighted by Gasteiger charge is -2.16. The van der Waals surface area contributed by atoms with Crippen molar-refractivity contribution in [2.45, 2.75) is 0 Å². The second-order valence-electron chi connectivity index (χ2n) is 19.9. The molecular formula is C71H42N4O2. The highest BCUT2D eigenvalue weighted by Crippen LogP contribution is 2.45. The van der Waals surface area contributed by atoms with Crippen LogP contribution in [0, 0.1) is 0 Å². The van der Waals surface area contributed by atoms with Gasteiger partial charge in [-0.15, -0.1) is 0 Å². The van der Waals surface area contributed by atoms with Gasteiger partial charge in [0.25, 0.3) is 0 Å². The zero-order chi connectivity index (χ0) is 50.6. The smallest absolute Gasteiger partial charge is 0.164 e. The Bertz CT molecular complexity index is 4940. The van der Waals surface area contributed by atoms with Crippen LogP contribution >= 0.6 is 0 Å². The standard InChI is InChI=1S/C71H42N4O2/c1-3-16-43(17-4-1)52-24-11-12-25-53(52)44-30-32-45(33-31-44)57-41-60-67(42-63(57)75-61-38-49-22-9-7-20-47(49)36-58(61)59-37-48-21-8-10-23-50(48)39-62(59)75)77-65-29-15-27-56(68(60)65)71-73-69(46-18-5-2-6-19-46)72-70(74-71)51-34-35-55-54-26-13-14-28-64(54)76-66(55)40-51/h1-42H. The molecule has 0 unspecified atom stereocenters. The van der Waals surface area contributed by atoms with E-state index in [-0.39, 0.29) is 0 Å². The minimum atomic E-state index is 0.542. The van der Waals surface area contributed by atoms with Gasteiger partial charge in [-0.1, -0.05) is 194 Å². The summed E-state index contributed by atoms with van der Waals surface area (Å²) in [5, 5.41) is 11.1. The van der Waals surface area contributed by atoms with Crippen LogP contribution < -0.4 is 0 Å². The van der Waals surface area contributed by atoms with Crippen molar-refractivity contribution in [3.8, 4) is 73.2 Å². The Morgan fingerprint density at radius 1 is 0.260 bits per heavy atom. The summed E-state index contributed by atoms with van der Waals surface area (Å²) in [4.78, 5) is 15.7. The van der Waals surface area contributed by atoms with Crippen LogP contribution in [0.2, 0.25) is 0 Å². The van der Waals surface area contributed by atoms with Gasteiger partial charge in [0, 0.05) is 60.6 Å². The molecule has 6 nitrogen and oxygen atoms in total. The van der Waals surface area contributed by atoms with Crippen molar-refractivity contribution in [1.29, 1.82) is 0 Å². The Hall–Kier alpha value is -10.4. The number of rotatable bonds is 7. The maximum atomic E-state index is 7.05. The highest BCUT2D eigenvalue weighted by molar-refractivity contribution is 6.19. The molecule has 0 saturated carbocycles. The van der Waals surface area contributed by atoms with Crippen molar-refractivity contribution < 1.29 is 8.83 Å². The number of nitrogens with zero attached hydrogens (tertiary/aromatic N) is 4. The van der Waals surface area contributed by atoms with E-state index in [1.165, 1.54) is 49.0 Å². The first kappa shape index (κ1) is 43.0. The summed E-state index contributed by atoms with van der Waals surface area (Å²) in [6.45, 7) is 0. The monoisotopic (exact) mass is 982 g/mol. The van der Waals surface area contributed by atoms with E-state index in [2.05, 4.69) is 193 Å². The van der Waals surface area contributed by atoms with Gasteiger partial charge in [0.15, 0.2) is 17.5 Å². The Kier molecular flexibility index (Phi) is 9.53. The third-order valence-electron chi connectivity index (χ3n) is 15.4. The van der Waals surface area contributed by atoms with Gasteiger partial charge in [-0.05, 0) is 104 Å². The SMILES string of the molecule is c1ccc(-c2nc(-c3ccc4c(c3)oc3ccccc34)nc(-c3cccc4oc5cc(-n6c7cc8ccccc8cc7c7cc8ccccc8cc76)c(-c6ccc(-c7ccccc7-c7ccccc7)cc6)cc5c34)n2)cc1. The van der Waals surface area contributed by atoms with Crippen molar-refractivity contribution >= 4 is 87.2 Å². The fourth-order valence-electron chi connectivity index (χ4n) is 11.8. The Labute approximate surface area is 441 Å². The molecule has 12 aromatic carbocycles. The van der Waals surface area contributed by atoms with Gasteiger partial charge in [0.1, 0.15) is 22.3 Å². The summed E-state index contributed by atoms with van der Waals surface area (Å²) in [7, 11) is 0. The Balaban J connectivity index is 0.950. The van der Waals surface area contributed by atoms with Crippen LogP contribution in [-0.4, -0.2) is 19.5 Å². The van der Waals surface area contributed by atoms with E-state index in [1.54, 1.807) is 0 Å². The first-order valence-corrected chi connectivity index (χ1v) is 26.0. The van der Waals surface area contributed by atoms with Gasteiger partial charge in [0.2, 0.25) is 0 Å². The summed E-state index contributed by atoms with van der Waals surface area (Å²) in [6.07, 6.45) is 0. The average Bonchev–Trinajstić information content (AvgIpc) is 4.30. The zero-order valence-electron chi connectivity index (χ0n) is 41.4. The zero-order valence-corrected chi connectivity index (χ0v) is 41.4. The lowest BCUT2D eigenvalue weighted by atomic mass is 9.92. The van der Waals surface area contributed by atoms with E-state index in [9.17, 15) is 0 Å². The fourth-order valence-corrected chi connectivity index (χ4v) is 11.8. The molecule has 358 valence electrons. The maximum absolute atomic E-state index is 7.05. The molecule has 4 aromatic heterocycles. The predicted octanol–water partition coefficient (Wildman–Crippen LogP) is 19.1. The first-order valence-electron chi connectivity index (χ1n) is 26.0. The molecule has 0 N–H and O–H groups in total. The normalized spacial score (nSPS) is 11.9. The molecule has 0 radical (unpaired) electrons. The highest BCUT2D eigenvalue weighted by atomic mass is 16.3. The molecule has 0 aliphatic rings. The van der Waals surface area contributed by atoms with Crippen molar-refractivity contribution in [2.75, 3.05) is 0 Å². The average molecular weight is 983 g/mol. The molecule has 0 aliphatic heterocycles. The molecule has 0 spiro atoms. The molecule has 0 fully saturated rings. The topological polar surface area (TPSA) is 69.9 Å². The first-order chi connectivity index (χ1) is 38.1. The highest BCUT2D eigenvalue weighted by Gasteiger charge is 2.24.